The first-order valence-corrected chi connectivity index (χ1v) is 11.8. The molecule has 30 heavy (non-hydrogen) atoms. The van der Waals surface area contributed by atoms with Crippen molar-refractivity contribution in [2.75, 3.05) is 80.7 Å². The molecule has 0 aliphatic carbocycles. The van der Waals surface area contributed by atoms with Gasteiger partial charge in [-0.05, 0) is 43.8 Å². The summed E-state index contributed by atoms with van der Waals surface area (Å²) in [5, 5.41) is 7.12. The molecule has 0 spiro atoms. The number of morpholine rings is 1. The molecule has 1 unspecified atom stereocenters. The highest BCUT2D eigenvalue weighted by atomic mass is 32.1. The number of rotatable bonds is 6. The van der Waals surface area contributed by atoms with Gasteiger partial charge in [-0.1, -0.05) is 6.92 Å². The van der Waals surface area contributed by atoms with Gasteiger partial charge in [0.15, 0.2) is 5.11 Å². The van der Waals surface area contributed by atoms with E-state index < -0.39 is 0 Å². The summed E-state index contributed by atoms with van der Waals surface area (Å²) in [6, 6.07) is 2.16. The molecule has 9 heteroatoms. The molecule has 3 saturated heterocycles. The van der Waals surface area contributed by atoms with Crippen LogP contribution in [0.5, 0.6) is 0 Å². The van der Waals surface area contributed by atoms with Crippen LogP contribution < -0.4 is 20.4 Å². The van der Waals surface area contributed by atoms with Gasteiger partial charge in [0.1, 0.15) is 11.6 Å². The minimum absolute atomic E-state index is 0.583. The normalized spacial score (nSPS) is 22.9. The van der Waals surface area contributed by atoms with Crippen LogP contribution in [0.2, 0.25) is 0 Å². The van der Waals surface area contributed by atoms with E-state index >= 15 is 0 Å². The third kappa shape index (κ3) is 5.92. The second kappa shape index (κ2) is 10.5. The maximum Gasteiger partial charge on any atom is 0.232 e. The maximum atomic E-state index is 5.53. The Bertz CT molecular complexity index is 707. The molecule has 1 aromatic rings. The number of thiocarbonyl (C=S) groups is 1. The van der Waals surface area contributed by atoms with E-state index in [2.05, 4.69) is 38.3 Å². The molecule has 3 aliphatic rings. The van der Waals surface area contributed by atoms with Gasteiger partial charge in [0.2, 0.25) is 5.95 Å². The molecule has 4 heterocycles. The molecular weight excluding hydrogens is 398 g/mol. The van der Waals surface area contributed by atoms with Crippen molar-refractivity contribution in [1.82, 2.24) is 20.2 Å². The fourth-order valence-corrected chi connectivity index (χ4v) is 4.64. The summed E-state index contributed by atoms with van der Waals surface area (Å²) >= 11 is 5.53. The van der Waals surface area contributed by atoms with Crippen molar-refractivity contribution in [2.24, 2.45) is 5.92 Å². The Balaban J connectivity index is 1.39. The fraction of sp³-hybridized carbons (Fsp3) is 0.762. The fourth-order valence-electron chi connectivity index (χ4n) is 4.44. The van der Waals surface area contributed by atoms with Crippen LogP contribution in [0.3, 0.4) is 0 Å². The minimum atomic E-state index is 0.583. The molecule has 0 aromatic carbocycles. The van der Waals surface area contributed by atoms with Crippen LogP contribution in [0.4, 0.5) is 17.6 Å². The van der Waals surface area contributed by atoms with Crippen molar-refractivity contribution in [2.45, 2.75) is 32.6 Å². The van der Waals surface area contributed by atoms with Crippen molar-refractivity contribution in [3.8, 4) is 0 Å². The van der Waals surface area contributed by atoms with Gasteiger partial charge in [0.05, 0.1) is 13.2 Å². The van der Waals surface area contributed by atoms with Gasteiger partial charge in [-0.25, -0.2) is 0 Å². The molecule has 1 atom stereocenters. The highest BCUT2D eigenvalue weighted by molar-refractivity contribution is 7.80. The monoisotopic (exact) mass is 433 g/mol. The lowest BCUT2D eigenvalue weighted by Gasteiger charge is -2.32. The predicted octanol–water partition coefficient (Wildman–Crippen LogP) is 1.93. The standard InChI is InChI=1S/C21H35N7OS/c1-17-5-4-9-28(16-17)19-15-18(27-7-2-3-8-27)23-20(24-19)25-21(30)22-6-10-26-11-13-29-14-12-26/h15,17H,2-14,16H2,1H3,(H2,22,23,24,25,30). The van der Waals surface area contributed by atoms with Gasteiger partial charge in [0, 0.05) is 58.4 Å². The van der Waals surface area contributed by atoms with Crippen LogP contribution in [0.15, 0.2) is 6.07 Å². The van der Waals surface area contributed by atoms with Gasteiger partial charge < -0.3 is 25.2 Å². The van der Waals surface area contributed by atoms with Gasteiger partial charge in [-0.2, -0.15) is 9.97 Å². The molecule has 0 amide bonds. The van der Waals surface area contributed by atoms with Gasteiger partial charge in [0.25, 0.3) is 0 Å². The van der Waals surface area contributed by atoms with Gasteiger partial charge >= 0.3 is 0 Å². The number of hydrogen-bond donors (Lipinski definition) is 2. The van der Waals surface area contributed by atoms with E-state index in [0.717, 1.165) is 77.2 Å². The van der Waals surface area contributed by atoms with Crippen LogP contribution in [0.25, 0.3) is 0 Å². The summed E-state index contributed by atoms with van der Waals surface area (Å²) in [4.78, 5) is 16.8. The van der Waals surface area contributed by atoms with E-state index in [1.165, 1.54) is 25.7 Å². The Kier molecular flexibility index (Phi) is 7.57. The Morgan fingerprint density at radius 1 is 1.07 bits per heavy atom. The zero-order valence-corrected chi connectivity index (χ0v) is 18.9. The molecular formula is C21H35N7OS. The summed E-state index contributed by atoms with van der Waals surface area (Å²) in [6.07, 6.45) is 4.96. The molecule has 0 saturated carbocycles. The summed E-state index contributed by atoms with van der Waals surface area (Å²) in [5.74, 6) is 3.31. The highest BCUT2D eigenvalue weighted by Crippen LogP contribution is 2.27. The summed E-state index contributed by atoms with van der Waals surface area (Å²) in [6.45, 7) is 11.9. The first kappa shape index (κ1) is 21.5. The number of piperidine rings is 1. The topological polar surface area (TPSA) is 68.8 Å². The van der Waals surface area contributed by atoms with Crippen LogP contribution in [-0.2, 0) is 4.74 Å². The average Bonchev–Trinajstić information content (AvgIpc) is 3.29. The maximum absolute atomic E-state index is 5.53. The van der Waals surface area contributed by atoms with Crippen LogP contribution in [-0.4, -0.2) is 85.6 Å². The molecule has 4 rings (SSSR count). The van der Waals surface area contributed by atoms with Crippen molar-refractivity contribution < 1.29 is 4.74 Å². The van der Waals surface area contributed by atoms with Crippen molar-refractivity contribution in [3.63, 3.8) is 0 Å². The predicted molar refractivity (Wildman–Crippen MR) is 126 cm³/mol. The lowest BCUT2D eigenvalue weighted by molar-refractivity contribution is 0.0389. The summed E-state index contributed by atoms with van der Waals surface area (Å²) in [5.41, 5.74) is 0. The van der Waals surface area contributed by atoms with Crippen LogP contribution >= 0.6 is 12.2 Å². The lowest BCUT2D eigenvalue weighted by atomic mass is 10.0. The Labute approximate surface area is 185 Å². The quantitative estimate of drug-likeness (QED) is 0.655. The molecule has 3 aliphatic heterocycles. The van der Waals surface area contributed by atoms with E-state index in [9.17, 15) is 0 Å². The Hall–Kier alpha value is -1.71. The van der Waals surface area contributed by atoms with Gasteiger partial charge in [-0.3, -0.25) is 4.90 Å². The van der Waals surface area contributed by atoms with Crippen LogP contribution in [0.1, 0.15) is 32.6 Å². The lowest BCUT2D eigenvalue weighted by Crippen LogP contribution is -2.42. The Morgan fingerprint density at radius 3 is 2.50 bits per heavy atom. The summed E-state index contributed by atoms with van der Waals surface area (Å²) < 4.78 is 5.40. The first-order chi connectivity index (χ1) is 14.7. The number of hydrogen-bond acceptors (Lipinski definition) is 7. The third-order valence-corrected chi connectivity index (χ3v) is 6.40. The summed E-state index contributed by atoms with van der Waals surface area (Å²) in [7, 11) is 0. The molecule has 2 N–H and O–H groups in total. The molecule has 0 radical (unpaired) electrons. The van der Waals surface area contributed by atoms with E-state index in [-0.39, 0.29) is 0 Å². The van der Waals surface area contributed by atoms with Crippen LogP contribution in [0, 0.1) is 5.92 Å². The Morgan fingerprint density at radius 2 is 1.77 bits per heavy atom. The molecule has 0 bridgehead atoms. The number of anilines is 3. The minimum Gasteiger partial charge on any atom is -0.379 e. The SMILES string of the molecule is CC1CCCN(c2cc(N3CCCC3)nc(NC(=S)NCCN3CCOCC3)n2)C1. The zero-order chi connectivity index (χ0) is 20.8. The number of aromatic nitrogens is 2. The third-order valence-electron chi connectivity index (χ3n) is 6.15. The van der Waals surface area contributed by atoms with Crippen molar-refractivity contribution in [3.05, 3.63) is 6.07 Å². The van der Waals surface area contributed by atoms with Crippen molar-refractivity contribution >= 4 is 34.9 Å². The second-order valence-electron chi connectivity index (χ2n) is 8.63. The smallest absolute Gasteiger partial charge is 0.232 e. The van der Waals surface area contributed by atoms with E-state index in [0.29, 0.717) is 17.0 Å². The second-order valence-corrected chi connectivity index (χ2v) is 9.04. The van der Waals surface area contributed by atoms with E-state index in [1.807, 2.05) is 0 Å². The largest absolute Gasteiger partial charge is 0.379 e. The highest BCUT2D eigenvalue weighted by Gasteiger charge is 2.22. The van der Waals surface area contributed by atoms with Crippen molar-refractivity contribution in [1.29, 1.82) is 0 Å². The molecule has 1 aromatic heterocycles. The number of nitrogens with one attached hydrogen (secondary N) is 2. The van der Waals surface area contributed by atoms with E-state index in [1.54, 1.807) is 0 Å². The number of ether oxygens (including phenoxy) is 1. The molecule has 166 valence electrons. The average molecular weight is 434 g/mol. The number of nitrogens with zero attached hydrogens (tertiary/aromatic N) is 5. The molecule has 3 fully saturated rings. The van der Waals surface area contributed by atoms with E-state index in [4.69, 9.17) is 26.9 Å². The zero-order valence-electron chi connectivity index (χ0n) is 18.1. The first-order valence-electron chi connectivity index (χ1n) is 11.4. The van der Waals surface area contributed by atoms with Gasteiger partial charge in [-0.15, -0.1) is 0 Å². The molecule has 8 nitrogen and oxygen atoms in total.